The fourth-order valence-corrected chi connectivity index (χ4v) is 4.83. The van der Waals surface area contributed by atoms with Crippen molar-refractivity contribution < 1.29 is 19.2 Å². The summed E-state index contributed by atoms with van der Waals surface area (Å²) in [5.41, 5.74) is 1.59. The number of hydrogen-bond acceptors (Lipinski definition) is 6. The average molecular weight is 431 g/mol. The number of non-ortho nitro benzene ring substituents is 1. The molecule has 1 saturated carbocycles. The summed E-state index contributed by atoms with van der Waals surface area (Å²) in [7, 11) is 0. The number of nitrogens with zero attached hydrogens (tertiary/aromatic N) is 3. The SMILES string of the molecule is O=C1[C@H]2[C@H](C(=O)N1/N=C\c1ccc(OCc3ccc([N+](=O)[O-])cc3)cc1)[C@H]1C=C[C@H]2CC1. The van der Waals surface area contributed by atoms with E-state index < -0.39 is 4.92 Å². The molecule has 2 amide bonds. The maximum absolute atomic E-state index is 12.8. The Hall–Kier alpha value is -3.81. The molecule has 2 bridgehead atoms. The molecule has 1 heterocycles. The number of allylic oxidation sites excluding steroid dienone is 2. The molecule has 2 aromatic rings. The van der Waals surface area contributed by atoms with Crippen molar-refractivity contribution in [3.63, 3.8) is 0 Å². The smallest absolute Gasteiger partial charge is 0.269 e. The Kier molecular flexibility index (Phi) is 5.05. The van der Waals surface area contributed by atoms with Crippen molar-refractivity contribution in [2.45, 2.75) is 19.4 Å². The van der Waals surface area contributed by atoms with Crippen molar-refractivity contribution in [1.82, 2.24) is 5.01 Å². The predicted molar refractivity (Wildman–Crippen MR) is 116 cm³/mol. The van der Waals surface area contributed by atoms with Crippen LogP contribution in [0.4, 0.5) is 5.69 Å². The van der Waals surface area contributed by atoms with E-state index in [1.54, 1.807) is 36.4 Å². The third-order valence-electron chi connectivity index (χ3n) is 6.49. The Labute approximate surface area is 184 Å². The summed E-state index contributed by atoms with van der Waals surface area (Å²) in [6, 6.07) is 13.3. The topological polar surface area (TPSA) is 102 Å². The van der Waals surface area contributed by atoms with Crippen LogP contribution in [0.25, 0.3) is 0 Å². The molecule has 6 rings (SSSR count). The molecule has 3 aliphatic carbocycles. The van der Waals surface area contributed by atoms with Crippen LogP contribution in [-0.2, 0) is 16.2 Å². The van der Waals surface area contributed by atoms with Gasteiger partial charge in [0.05, 0.1) is 23.0 Å². The molecule has 0 spiro atoms. The van der Waals surface area contributed by atoms with E-state index in [1.165, 1.54) is 18.3 Å². The molecule has 162 valence electrons. The minimum Gasteiger partial charge on any atom is -0.489 e. The highest BCUT2D eigenvalue weighted by Gasteiger charge is 2.56. The van der Waals surface area contributed by atoms with Crippen LogP contribution in [0.2, 0.25) is 0 Å². The first-order chi connectivity index (χ1) is 15.5. The number of hydrogen-bond donors (Lipinski definition) is 0. The Bertz CT molecular complexity index is 1090. The van der Waals surface area contributed by atoms with Gasteiger partial charge in [-0.15, -0.1) is 0 Å². The third kappa shape index (κ3) is 3.57. The number of hydrazone groups is 1. The zero-order valence-corrected chi connectivity index (χ0v) is 17.2. The zero-order chi connectivity index (χ0) is 22.2. The lowest BCUT2D eigenvalue weighted by molar-refractivity contribution is -0.384. The minimum absolute atomic E-state index is 0.0375. The number of nitro benzene ring substituents is 1. The summed E-state index contributed by atoms with van der Waals surface area (Å²) in [4.78, 5) is 35.9. The molecule has 2 aromatic carbocycles. The number of amides is 2. The maximum Gasteiger partial charge on any atom is 0.269 e. The van der Waals surface area contributed by atoms with E-state index in [0.717, 1.165) is 29.0 Å². The molecule has 8 nitrogen and oxygen atoms in total. The monoisotopic (exact) mass is 431 g/mol. The van der Waals surface area contributed by atoms with E-state index in [-0.39, 0.29) is 47.8 Å². The molecule has 0 unspecified atom stereocenters. The standard InChI is InChI=1S/C24H21N3O5/c28-23-21-17-5-6-18(8-7-17)22(21)24(29)26(23)25-13-15-3-11-20(12-4-15)32-14-16-1-9-19(10-2-16)27(30)31/h1-6,9-13,17-18,21-22H,7-8,14H2/b25-13-/t17-,18-,21+,22+/m0/s1. The minimum atomic E-state index is -0.441. The van der Waals surface area contributed by atoms with E-state index in [4.69, 9.17) is 4.74 Å². The summed E-state index contributed by atoms with van der Waals surface area (Å²) in [6.07, 6.45) is 7.61. The van der Waals surface area contributed by atoms with Gasteiger partial charge in [-0.3, -0.25) is 19.7 Å². The fourth-order valence-electron chi connectivity index (χ4n) is 4.83. The number of rotatable bonds is 6. The number of imide groups is 1. The number of ether oxygens (including phenoxy) is 1. The van der Waals surface area contributed by atoms with Crippen molar-refractivity contribution in [2.75, 3.05) is 0 Å². The maximum atomic E-state index is 12.8. The first-order valence-corrected chi connectivity index (χ1v) is 10.6. The summed E-state index contributed by atoms with van der Waals surface area (Å²) in [6.45, 7) is 0.279. The number of carbonyl (C=O) groups is 2. The Morgan fingerprint density at radius 1 is 0.969 bits per heavy atom. The van der Waals surface area contributed by atoms with Crippen LogP contribution in [0.1, 0.15) is 24.0 Å². The van der Waals surface area contributed by atoms with Gasteiger partial charge in [0.25, 0.3) is 17.5 Å². The highest BCUT2D eigenvalue weighted by atomic mass is 16.6. The van der Waals surface area contributed by atoms with Gasteiger partial charge in [0.1, 0.15) is 12.4 Å². The van der Waals surface area contributed by atoms with Gasteiger partial charge in [-0.05, 0) is 72.2 Å². The van der Waals surface area contributed by atoms with Crippen LogP contribution in [0.15, 0.2) is 65.8 Å². The number of nitro groups is 1. The molecule has 4 aliphatic rings. The zero-order valence-electron chi connectivity index (χ0n) is 17.2. The molecule has 0 radical (unpaired) electrons. The normalized spacial score (nSPS) is 26.1. The summed E-state index contributed by atoms with van der Waals surface area (Å²) in [5.74, 6) is -0.000868. The molecule has 1 aliphatic heterocycles. The van der Waals surface area contributed by atoms with Gasteiger partial charge < -0.3 is 4.74 Å². The van der Waals surface area contributed by atoms with Crippen LogP contribution in [0.5, 0.6) is 5.75 Å². The lowest BCUT2D eigenvalue weighted by atomic mass is 9.63. The second kappa shape index (κ2) is 8.03. The van der Waals surface area contributed by atoms with Gasteiger partial charge in [0.2, 0.25) is 0 Å². The van der Waals surface area contributed by atoms with Crippen LogP contribution in [-0.4, -0.2) is 28.0 Å². The van der Waals surface area contributed by atoms with E-state index in [0.29, 0.717) is 5.75 Å². The van der Waals surface area contributed by atoms with Crippen molar-refractivity contribution in [3.8, 4) is 5.75 Å². The largest absolute Gasteiger partial charge is 0.489 e. The van der Waals surface area contributed by atoms with Crippen LogP contribution < -0.4 is 4.74 Å². The molecule has 8 heteroatoms. The van der Waals surface area contributed by atoms with Gasteiger partial charge >= 0.3 is 0 Å². The molecule has 32 heavy (non-hydrogen) atoms. The van der Waals surface area contributed by atoms with Gasteiger partial charge in [-0.25, -0.2) is 0 Å². The molecule has 4 atom stereocenters. The lowest BCUT2D eigenvalue weighted by Crippen LogP contribution is -2.38. The second-order valence-electron chi connectivity index (χ2n) is 8.36. The summed E-state index contributed by atoms with van der Waals surface area (Å²) >= 11 is 0. The van der Waals surface area contributed by atoms with Crippen molar-refractivity contribution in [1.29, 1.82) is 0 Å². The van der Waals surface area contributed by atoms with E-state index in [9.17, 15) is 19.7 Å². The Morgan fingerprint density at radius 2 is 1.56 bits per heavy atom. The van der Waals surface area contributed by atoms with Crippen LogP contribution in [0, 0.1) is 33.8 Å². The first kappa shape index (κ1) is 20.1. The van der Waals surface area contributed by atoms with Crippen LogP contribution >= 0.6 is 0 Å². The van der Waals surface area contributed by atoms with Gasteiger partial charge in [0, 0.05) is 12.1 Å². The van der Waals surface area contributed by atoms with E-state index >= 15 is 0 Å². The van der Waals surface area contributed by atoms with Crippen LogP contribution in [0.3, 0.4) is 0 Å². The number of carbonyl (C=O) groups excluding carboxylic acids is 2. The molecule has 2 fully saturated rings. The van der Waals surface area contributed by atoms with E-state index in [1.807, 2.05) is 0 Å². The fraction of sp³-hybridized carbons (Fsp3) is 0.292. The molecule has 0 N–H and O–H groups in total. The number of benzene rings is 2. The molecule has 0 aromatic heterocycles. The van der Waals surface area contributed by atoms with Crippen molar-refractivity contribution >= 4 is 23.7 Å². The van der Waals surface area contributed by atoms with Gasteiger partial charge in [-0.1, -0.05) is 12.2 Å². The van der Waals surface area contributed by atoms with Gasteiger partial charge in [0.15, 0.2) is 0 Å². The highest BCUT2D eigenvalue weighted by Crippen LogP contribution is 2.49. The third-order valence-corrected chi connectivity index (χ3v) is 6.49. The quantitative estimate of drug-likeness (QED) is 0.228. The summed E-state index contributed by atoms with van der Waals surface area (Å²) in [5, 5.41) is 16.0. The summed E-state index contributed by atoms with van der Waals surface area (Å²) < 4.78 is 5.71. The van der Waals surface area contributed by atoms with Gasteiger partial charge in [-0.2, -0.15) is 10.1 Å². The average Bonchev–Trinajstić information content (AvgIpc) is 3.10. The van der Waals surface area contributed by atoms with Crippen molar-refractivity contribution in [2.24, 2.45) is 28.8 Å². The van der Waals surface area contributed by atoms with E-state index in [2.05, 4.69) is 17.3 Å². The lowest BCUT2D eigenvalue weighted by Gasteiger charge is -2.37. The molecular formula is C24H21N3O5. The Morgan fingerprint density at radius 3 is 2.09 bits per heavy atom. The number of fused-ring (bicyclic) bond motifs is 1. The Balaban J connectivity index is 1.21. The second-order valence-corrected chi connectivity index (χ2v) is 8.36. The highest BCUT2D eigenvalue weighted by molar-refractivity contribution is 6.06. The first-order valence-electron chi connectivity index (χ1n) is 10.6. The predicted octanol–water partition coefficient (Wildman–Crippen LogP) is 3.70. The molecule has 1 saturated heterocycles. The molecular weight excluding hydrogens is 410 g/mol. The van der Waals surface area contributed by atoms with Crippen molar-refractivity contribution in [3.05, 3.63) is 81.9 Å².